The van der Waals surface area contributed by atoms with E-state index in [1.54, 1.807) is 27.7 Å². The Labute approximate surface area is 209 Å². The summed E-state index contributed by atoms with van der Waals surface area (Å²) in [5, 5.41) is 5.64. The smallest absolute Gasteiger partial charge is 0.408 e. The SMILES string of the molecule is CCc1ccc(C(C(=O)Nc2c(C)cccc2C)N(CC)C(=O)C(C)NC(=O)OC(C)(C)C)cc1. The van der Waals surface area contributed by atoms with Gasteiger partial charge in [-0.1, -0.05) is 49.4 Å². The van der Waals surface area contributed by atoms with E-state index in [4.69, 9.17) is 4.74 Å². The first-order valence-corrected chi connectivity index (χ1v) is 12.1. The predicted octanol–water partition coefficient (Wildman–Crippen LogP) is 5.31. The Balaban J connectivity index is 2.40. The van der Waals surface area contributed by atoms with Gasteiger partial charge in [0.2, 0.25) is 5.91 Å². The average Bonchev–Trinajstić information content (AvgIpc) is 2.78. The molecule has 35 heavy (non-hydrogen) atoms. The van der Waals surface area contributed by atoms with Gasteiger partial charge in [-0.15, -0.1) is 0 Å². The molecule has 0 radical (unpaired) electrons. The number of carbonyl (C=O) groups excluding carboxylic acids is 3. The number of hydrogen-bond donors (Lipinski definition) is 2. The number of amides is 3. The van der Waals surface area contributed by atoms with Crippen LogP contribution in [0.2, 0.25) is 0 Å². The van der Waals surface area contributed by atoms with E-state index >= 15 is 0 Å². The molecular weight excluding hydrogens is 442 g/mol. The van der Waals surface area contributed by atoms with Crippen LogP contribution in [0.3, 0.4) is 0 Å². The molecule has 3 amide bonds. The summed E-state index contributed by atoms with van der Waals surface area (Å²) in [5.41, 5.74) is 3.76. The predicted molar refractivity (Wildman–Crippen MR) is 139 cm³/mol. The molecule has 0 bridgehead atoms. The van der Waals surface area contributed by atoms with Gasteiger partial charge in [0, 0.05) is 12.2 Å². The second-order valence-corrected chi connectivity index (χ2v) is 9.75. The third kappa shape index (κ3) is 7.57. The van der Waals surface area contributed by atoms with Gasteiger partial charge in [-0.05, 0) is 77.1 Å². The third-order valence-electron chi connectivity index (χ3n) is 5.72. The van der Waals surface area contributed by atoms with Gasteiger partial charge in [0.1, 0.15) is 17.7 Å². The molecule has 190 valence electrons. The van der Waals surface area contributed by atoms with Crippen LogP contribution >= 0.6 is 0 Å². The second kappa shape index (κ2) is 11.9. The van der Waals surface area contributed by atoms with Crippen LogP contribution in [0, 0.1) is 13.8 Å². The van der Waals surface area contributed by atoms with Crippen molar-refractivity contribution < 1.29 is 19.1 Å². The standard InChI is InChI=1S/C28H39N3O4/c1-9-21-14-16-22(17-15-21)24(25(32)30-23-18(3)12-11-13-19(23)4)31(10-2)26(33)20(5)29-27(34)35-28(6,7)8/h11-17,20,24H,9-10H2,1-8H3,(H,29,34)(H,30,32). The highest BCUT2D eigenvalue weighted by atomic mass is 16.6. The molecule has 0 aromatic heterocycles. The molecule has 0 fully saturated rings. The second-order valence-electron chi connectivity index (χ2n) is 9.75. The van der Waals surface area contributed by atoms with E-state index in [2.05, 4.69) is 17.6 Å². The van der Waals surface area contributed by atoms with Crippen LogP contribution < -0.4 is 10.6 Å². The first-order valence-electron chi connectivity index (χ1n) is 12.1. The molecule has 2 atom stereocenters. The molecule has 0 aliphatic carbocycles. The molecule has 2 N–H and O–H groups in total. The highest BCUT2D eigenvalue weighted by Crippen LogP contribution is 2.27. The van der Waals surface area contributed by atoms with E-state index in [1.807, 2.05) is 63.2 Å². The minimum Gasteiger partial charge on any atom is -0.444 e. The molecular formula is C28H39N3O4. The van der Waals surface area contributed by atoms with E-state index < -0.39 is 23.8 Å². The first-order chi connectivity index (χ1) is 16.4. The van der Waals surface area contributed by atoms with Crippen LogP contribution in [0.4, 0.5) is 10.5 Å². The molecule has 0 aliphatic rings. The highest BCUT2D eigenvalue weighted by Gasteiger charge is 2.34. The number of anilines is 1. The maximum atomic E-state index is 13.7. The molecule has 2 aromatic carbocycles. The van der Waals surface area contributed by atoms with Crippen molar-refractivity contribution in [2.24, 2.45) is 0 Å². The van der Waals surface area contributed by atoms with Gasteiger partial charge in [0.05, 0.1) is 0 Å². The van der Waals surface area contributed by atoms with Crippen molar-refractivity contribution in [2.75, 3.05) is 11.9 Å². The quantitative estimate of drug-likeness (QED) is 0.535. The molecule has 0 aliphatic heterocycles. The Morgan fingerprint density at radius 3 is 2.03 bits per heavy atom. The summed E-state index contributed by atoms with van der Waals surface area (Å²) in [4.78, 5) is 40.9. The zero-order valence-electron chi connectivity index (χ0n) is 22.2. The monoisotopic (exact) mass is 481 g/mol. The number of benzene rings is 2. The van der Waals surface area contributed by atoms with Crippen LogP contribution in [0.15, 0.2) is 42.5 Å². The van der Waals surface area contributed by atoms with Crippen LogP contribution in [0.1, 0.15) is 69.8 Å². The van der Waals surface area contributed by atoms with Crippen molar-refractivity contribution in [3.8, 4) is 0 Å². The Hall–Kier alpha value is -3.35. The van der Waals surface area contributed by atoms with Crippen molar-refractivity contribution in [3.63, 3.8) is 0 Å². The minimum absolute atomic E-state index is 0.277. The van der Waals surface area contributed by atoms with Crippen LogP contribution in [0.25, 0.3) is 0 Å². The van der Waals surface area contributed by atoms with Crippen LogP contribution in [-0.2, 0) is 20.7 Å². The zero-order valence-corrected chi connectivity index (χ0v) is 22.2. The fourth-order valence-corrected chi connectivity index (χ4v) is 3.87. The topological polar surface area (TPSA) is 87.7 Å². The number of rotatable bonds is 8. The van der Waals surface area contributed by atoms with E-state index in [-0.39, 0.29) is 18.4 Å². The molecule has 0 saturated heterocycles. The molecule has 7 heteroatoms. The summed E-state index contributed by atoms with van der Waals surface area (Å²) >= 11 is 0. The number of nitrogens with one attached hydrogen (secondary N) is 2. The van der Waals surface area contributed by atoms with Crippen LogP contribution in [0.5, 0.6) is 0 Å². The number of alkyl carbamates (subject to hydrolysis) is 1. The molecule has 0 spiro atoms. The lowest BCUT2D eigenvalue weighted by molar-refractivity contribution is -0.140. The number of nitrogens with zero attached hydrogens (tertiary/aromatic N) is 1. The van der Waals surface area contributed by atoms with Crippen molar-refractivity contribution in [1.82, 2.24) is 10.2 Å². The summed E-state index contributed by atoms with van der Waals surface area (Å²) < 4.78 is 5.30. The molecule has 0 heterocycles. The average molecular weight is 482 g/mol. The van der Waals surface area contributed by atoms with Crippen molar-refractivity contribution in [2.45, 2.75) is 79.5 Å². The van der Waals surface area contributed by atoms with Crippen molar-refractivity contribution >= 4 is 23.6 Å². The lowest BCUT2D eigenvalue weighted by Gasteiger charge is -2.33. The summed E-state index contributed by atoms with van der Waals surface area (Å²) in [6, 6.07) is 11.8. The Kier molecular flexibility index (Phi) is 9.46. The largest absolute Gasteiger partial charge is 0.444 e. The van der Waals surface area contributed by atoms with Crippen LogP contribution in [-0.4, -0.2) is 41.0 Å². The number of likely N-dealkylation sites (N-methyl/N-ethyl adjacent to an activating group) is 1. The van der Waals surface area contributed by atoms with Gasteiger partial charge in [-0.25, -0.2) is 4.79 Å². The Morgan fingerprint density at radius 2 is 1.54 bits per heavy atom. The van der Waals surface area contributed by atoms with Crippen molar-refractivity contribution in [3.05, 3.63) is 64.7 Å². The van der Waals surface area contributed by atoms with E-state index in [9.17, 15) is 14.4 Å². The van der Waals surface area contributed by atoms with Gasteiger partial charge in [0.25, 0.3) is 5.91 Å². The van der Waals surface area contributed by atoms with E-state index in [1.165, 1.54) is 4.90 Å². The normalized spacial score (nSPS) is 12.9. The Bertz CT molecular complexity index is 1020. The van der Waals surface area contributed by atoms with Crippen molar-refractivity contribution in [1.29, 1.82) is 0 Å². The van der Waals surface area contributed by atoms with E-state index in [0.29, 0.717) is 5.56 Å². The van der Waals surface area contributed by atoms with Gasteiger partial charge >= 0.3 is 6.09 Å². The maximum Gasteiger partial charge on any atom is 0.408 e. The number of aryl methyl sites for hydroxylation is 3. The fraction of sp³-hybridized carbons (Fsp3) is 0.464. The van der Waals surface area contributed by atoms with Gasteiger partial charge < -0.3 is 20.3 Å². The fourth-order valence-electron chi connectivity index (χ4n) is 3.87. The Morgan fingerprint density at radius 1 is 0.971 bits per heavy atom. The molecule has 2 unspecified atom stereocenters. The lowest BCUT2D eigenvalue weighted by Crippen LogP contribution is -2.51. The van der Waals surface area contributed by atoms with Gasteiger partial charge in [0.15, 0.2) is 0 Å². The summed E-state index contributed by atoms with van der Waals surface area (Å²) in [6.07, 6.45) is 0.186. The summed E-state index contributed by atoms with van der Waals surface area (Å²) in [6.45, 7) is 14.9. The lowest BCUT2D eigenvalue weighted by atomic mass is 10.00. The summed E-state index contributed by atoms with van der Waals surface area (Å²) in [7, 11) is 0. The third-order valence-corrected chi connectivity index (χ3v) is 5.72. The molecule has 2 rings (SSSR count). The van der Waals surface area contributed by atoms with Gasteiger partial charge in [-0.2, -0.15) is 0 Å². The zero-order chi connectivity index (χ0) is 26.3. The van der Waals surface area contributed by atoms with E-state index in [0.717, 1.165) is 28.8 Å². The number of carbonyl (C=O) groups is 3. The maximum absolute atomic E-state index is 13.7. The molecule has 7 nitrogen and oxygen atoms in total. The highest BCUT2D eigenvalue weighted by molar-refractivity contribution is 5.99. The number of ether oxygens (including phenoxy) is 1. The number of hydrogen-bond acceptors (Lipinski definition) is 4. The molecule has 2 aromatic rings. The molecule has 0 saturated carbocycles. The minimum atomic E-state index is -0.879. The van der Waals surface area contributed by atoms with Gasteiger partial charge in [-0.3, -0.25) is 9.59 Å². The summed E-state index contributed by atoms with van der Waals surface area (Å²) in [5.74, 6) is -0.689. The number of para-hydroxylation sites is 1. The first kappa shape index (κ1) is 27.9.